The summed E-state index contributed by atoms with van der Waals surface area (Å²) in [6.07, 6.45) is 2.74. The molecule has 0 aliphatic carbocycles. The van der Waals surface area contributed by atoms with E-state index in [0.29, 0.717) is 25.3 Å². The SMILES string of the molecule is Cc1ccc(F)cc1S(=O)(=O)N1CCCC[C@H]1CN1CCOCC1. The molecule has 2 aliphatic heterocycles. The average Bonchev–Trinajstić information content (AvgIpc) is 2.58. The van der Waals surface area contributed by atoms with Gasteiger partial charge in [-0.3, -0.25) is 4.90 Å². The van der Waals surface area contributed by atoms with Gasteiger partial charge in [0.05, 0.1) is 18.1 Å². The van der Waals surface area contributed by atoms with Crippen LogP contribution in [-0.4, -0.2) is 63.1 Å². The second-order valence-electron chi connectivity index (χ2n) is 6.59. The highest BCUT2D eigenvalue weighted by atomic mass is 32.2. The highest BCUT2D eigenvalue weighted by Gasteiger charge is 2.35. The highest BCUT2D eigenvalue weighted by molar-refractivity contribution is 7.89. The van der Waals surface area contributed by atoms with Crippen LogP contribution in [0, 0.1) is 12.7 Å². The molecule has 0 saturated carbocycles. The van der Waals surface area contributed by atoms with E-state index in [4.69, 9.17) is 4.74 Å². The first-order valence-electron chi connectivity index (χ1n) is 8.56. The zero-order valence-corrected chi connectivity index (χ0v) is 14.9. The third-order valence-electron chi connectivity index (χ3n) is 4.88. The van der Waals surface area contributed by atoms with Crippen LogP contribution >= 0.6 is 0 Å². The van der Waals surface area contributed by atoms with Crippen LogP contribution in [0.5, 0.6) is 0 Å². The van der Waals surface area contributed by atoms with Gasteiger partial charge in [-0.1, -0.05) is 12.5 Å². The number of benzene rings is 1. The molecule has 2 fully saturated rings. The first kappa shape index (κ1) is 17.8. The van der Waals surface area contributed by atoms with Crippen LogP contribution in [0.1, 0.15) is 24.8 Å². The predicted molar refractivity (Wildman–Crippen MR) is 89.9 cm³/mol. The monoisotopic (exact) mass is 356 g/mol. The molecular weight excluding hydrogens is 331 g/mol. The average molecular weight is 356 g/mol. The summed E-state index contributed by atoms with van der Waals surface area (Å²) in [4.78, 5) is 2.36. The first-order valence-corrected chi connectivity index (χ1v) is 10.0. The Morgan fingerprint density at radius 3 is 2.71 bits per heavy atom. The molecule has 0 bridgehead atoms. The fourth-order valence-electron chi connectivity index (χ4n) is 3.53. The van der Waals surface area contributed by atoms with E-state index < -0.39 is 15.8 Å². The maximum atomic E-state index is 13.6. The van der Waals surface area contributed by atoms with E-state index in [0.717, 1.165) is 45.0 Å². The molecule has 0 amide bonds. The van der Waals surface area contributed by atoms with Crippen molar-refractivity contribution in [2.75, 3.05) is 39.4 Å². The van der Waals surface area contributed by atoms with Gasteiger partial charge in [-0.15, -0.1) is 0 Å². The van der Waals surface area contributed by atoms with E-state index in [2.05, 4.69) is 4.90 Å². The van der Waals surface area contributed by atoms with Gasteiger partial charge in [-0.2, -0.15) is 4.31 Å². The van der Waals surface area contributed by atoms with E-state index in [1.807, 2.05) is 0 Å². The third-order valence-corrected chi connectivity index (χ3v) is 6.98. The Labute approximate surface area is 143 Å². The number of halogens is 1. The molecule has 0 spiro atoms. The normalized spacial score (nSPS) is 24.2. The van der Waals surface area contributed by atoms with Crippen molar-refractivity contribution in [3.63, 3.8) is 0 Å². The number of hydrogen-bond donors (Lipinski definition) is 0. The number of piperidine rings is 1. The van der Waals surface area contributed by atoms with E-state index in [1.54, 1.807) is 11.2 Å². The van der Waals surface area contributed by atoms with Gasteiger partial charge in [-0.05, 0) is 37.5 Å². The fraction of sp³-hybridized carbons (Fsp3) is 0.647. The summed E-state index contributed by atoms with van der Waals surface area (Å²) < 4.78 is 46.8. The van der Waals surface area contributed by atoms with Gasteiger partial charge in [-0.25, -0.2) is 12.8 Å². The van der Waals surface area contributed by atoms with Crippen LogP contribution in [0.3, 0.4) is 0 Å². The van der Waals surface area contributed by atoms with E-state index in [-0.39, 0.29) is 10.9 Å². The second kappa shape index (κ2) is 7.47. The Morgan fingerprint density at radius 1 is 1.21 bits per heavy atom. The minimum absolute atomic E-state index is 0.0514. The molecule has 0 N–H and O–H groups in total. The van der Waals surface area contributed by atoms with Crippen LogP contribution in [-0.2, 0) is 14.8 Å². The summed E-state index contributed by atoms with van der Waals surface area (Å²) >= 11 is 0. The van der Waals surface area contributed by atoms with E-state index in [1.165, 1.54) is 12.1 Å². The number of nitrogens with zero attached hydrogens (tertiary/aromatic N) is 2. The molecule has 134 valence electrons. The van der Waals surface area contributed by atoms with Gasteiger partial charge in [0, 0.05) is 32.2 Å². The van der Waals surface area contributed by atoms with Crippen molar-refractivity contribution < 1.29 is 17.5 Å². The van der Waals surface area contributed by atoms with Crippen LogP contribution in [0.4, 0.5) is 4.39 Å². The number of morpholine rings is 1. The molecular formula is C17H25FN2O3S. The van der Waals surface area contributed by atoms with Gasteiger partial charge in [0.1, 0.15) is 5.82 Å². The van der Waals surface area contributed by atoms with Crippen molar-refractivity contribution in [3.05, 3.63) is 29.6 Å². The second-order valence-corrected chi connectivity index (χ2v) is 8.45. The zero-order valence-electron chi connectivity index (χ0n) is 14.1. The van der Waals surface area contributed by atoms with Crippen molar-refractivity contribution in [3.8, 4) is 0 Å². The molecule has 0 unspecified atom stereocenters. The van der Waals surface area contributed by atoms with Crippen LogP contribution in [0.25, 0.3) is 0 Å². The van der Waals surface area contributed by atoms with Crippen LogP contribution < -0.4 is 0 Å². The summed E-state index contributed by atoms with van der Waals surface area (Å²) in [5, 5.41) is 0. The highest BCUT2D eigenvalue weighted by Crippen LogP contribution is 2.28. The Morgan fingerprint density at radius 2 is 1.96 bits per heavy atom. The molecule has 1 aromatic carbocycles. The number of sulfonamides is 1. The van der Waals surface area contributed by atoms with Crippen LogP contribution in [0.15, 0.2) is 23.1 Å². The molecule has 1 aromatic rings. The van der Waals surface area contributed by atoms with Crippen molar-refractivity contribution in [1.82, 2.24) is 9.21 Å². The Hall–Kier alpha value is -1.02. The standard InChI is InChI=1S/C17H25FN2O3S/c1-14-5-6-15(18)12-17(14)24(21,22)20-7-3-2-4-16(20)13-19-8-10-23-11-9-19/h5-6,12,16H,2-4,7-11,13H2,1H3/t16-/m0/s1. The first-order chi connectivity index (χ1) is 11.5. The van der Waals surface area contributed by atoms with Gasteiger partial charge in [0.25, 0.3) is 0 Å². The molecule has 2 heterocycles. The van der Waals surface area contributed by atoms with E-state index in [9.17, 15) is 12.8 Å². The lowest BCUT2D eigenvalue weighted by Gasteiger charge is -2.39. The lowest BCUT2D eigenvalue weighted by atomic mass is 10.0. The predicted octanol–water partition coefficient (Wildman–Crippen LogP) is 2.01. The Balaban J connectivity index is 1.84. The van der Waals surface area contributed by atoms with Crippen molar-refractivity contribution >= 4 is 10.0 Å². The molecule has 5 nitrogen and oxygen atoms in total. The van der Waals surface area contributed by atoms with Gasteiger partial charge < -0.3 is 4.74 Å². The Bertz CT molecular complexity index is 674. The summed E-state index contributed by atoms with van der Waals surface area (Å²) in [5.74, 6) is -0.513. The molecule has 1 atom stereocenters. The van der Waals surface area contributed by atoms with Crippen molar-refractivity contribution in [2.45, 2.75) is 37.1 Å². The smallest absolute Gasteiger partial charge is 0.243 e. The van der Waals surface area contributed by atoms with Gasteiger partial charge in [0.15, 0.2) is 0 Å². The number of ether oxygens (including phenoxy) is 1. The molecule has 7 heteroatoms. The summed E-state index contributed by atoms with van der Waals surface area (Å²) in [6, 6.07) is 3.92. The maximum Gasteiger partial charge on any atom is 0.243 e. The van der Waals surface area contributed by atoms with E-state index >= 15 is 0 Å². The zero-order chi connectivity index (χ0) is 17.2. The number of rotatable bonds is 4. The number of hydrogen-bond acceptors (Lipinski definition) is 4. The lowest BCUT2D eigenvalue weighted by molar-refractivity contribution is 0.0262. The molecule has 2 saturated heterocycles. The third kappa shape index (κ3) is 3.79. The molecule has 24 heavy (non-hydrogen) atoms. The fourth-order valence-corrected chi connectivity index (χ4v) is 5.46. The molecule has 0 aromatic heterocycles. The van der Waals surface area contributed by atoms with Crippen molar-refractivity contribution in [1.29, 1.82) is 0 Å². The van der Waals surface area contributed by atoms with Crippen molar-refractivity contribution in [2.24, 2.45) is 0 Å². The quantitative estimate of drug-likeness (QED) is 0.828. The summed E-state index contributed by atoms with van der Waals surface area (Å²) in [5.41, 5.74) is 0.590. The molecule has 0 radical (unpaired) electrons. The minimum Gasteiger partial charge on any atom is -0.379 e. The minimum atomic E-state index is -3.68. The molecule has 3 rings (SSSR count). The summed E-state index contributed by atoms with van der Waals surface area (Å²) in [6.45, 7) is 6.01. The topological polar surface area (TPSA) is 49.9 Å². The van der Waals surface area contributed by atoms with Crippen LogP contribution in [0.2, 0.25) is 0 Å². The molecule has 2 aliphatic rings. The summed E-state index contributed by atoms with van der Waals surface area (Å²) in [7, 11) is -3.68. The number of aryl methyl sites for hydroxylation is 1. The van der Waals surface area contributed by atoms with Gasteiger partial charge >= 0.3 is 0 Å². The maximum absolute atomic E-state index is 13.6. The largest absolute Gasteiger partial charge is 0.379 e. The lowest BCUT2D eigenvalue weighted by Crippen LogP contribution is -2.51. The van der Waals surface area contributed by atoms with Gasteiger partial charge in [0.2, 0.25) is 10.0 Å². The Kier molecular flexibility index (Phi) is 5.54.